The molecule has 0 radical (unpaired) electrons. The lowest BCUT2D eigenvalue weighted by Crippen LogP contribution is -2.09. The molecule has 100 valence electrons. The Labute approximate surface area is 115 Å². The summed E-state index contributed by atoms with van der Waals surface area (Å²) in [5.74, 6) is -0.998. The second-order valence-electron chi connectivity index (χ2n) is 4.37. The van der Waals surface area contributed by atoms with Crippen molar-refractivity contribution in [1.29, 1.82) is 0 Å². The summed E-state index contributed by atoms with van der Waals surface area (Å²) >= 11 is 5.69. The van der Waals surface area contributed by atoms with Crippen LogP contribution in [-0.2, 0) is 6.42 Å². The summed E-state index contributed by atoms with van der Waals surface area (Å²) < 4.78 is 26.6. The Morgan fingerprint density at radius 3 is 2.32 bits per heavy atom. The van der Waals surface area contributed by atoms with Crippen molar-refractivity contribution in [3.05, 3.63) is 70.2 Å². The molecule has 0 saturated heterocycles. The third kappa shape index (κ3) is 3.52. The van der Waals surface area contributed by atoms with E-state index in [1.54, 1.807) is 24.3 Å². The van der Waals surface area contributed by atoms with E-state index in [-0.39, 0.29) is 18.3 Å². The van der Waals surface area contributed by atoms with Gasteiger partial charge in [0.2, 0.25) is 0 Å². The molecule has 0 aliphatic rings. The van der Waals surface area contributed by atoms with Crippen LogP contribution in [0.4, 0.5) is 8.78 Å². The Morgan fingerprint density at radius 1 is 1.05 bits per heavy atom. The first kappa shape index (κ1) is 14.0. The van der Waals surface area contributed by atoms with Crippen LogP contribution >= 0.6 is 11.6 Å². The molecule has 1 unspecified atom stereocenters. The summed E-state index contributed by atoms with van der Waals surface area (Å²) in [7, 11) is 0. The van der Waals surface area contributed by atoms with Crippen molar-refractivity contribution in [2.75, 3.05) is 6.61 Å². The van der Waals surface area contributed by atoms with Gasteiger partial charge in [-0.25, -0.2) is 8.78 Å². The van der Waals surface area contributed by atoms with Gasteiger partial charge in [-0.05, 0) is 41.8 Å². The highest BCUT2D eigenvalue weighted by Gasteiger charge is 2.14. The van der Waals surface area contributed by atoms with Crippen molar-refractivity contribution in [3.8, 4) is 0 Å². The fraction of sp³-hybridized carbons (Fsp3) is 0.200. The molecule has 0 bridgehead atoms. The number of halogens is 3. The summed E-state index contributed by atoms with van der Waals surface area (Å²) in [6, 6.07) is 10.3. The molecular formula is C15H13ClF2O. The van der Waals surface area contributed by atoms with Crippen LogP contribution in [-0.4, -0.2) is 11.7 Å². The first-order chi connectivity index (χ1) is 9.10. The highest BCUT2D eigenvalue weighted by atomic mass is 35.5. The Kier molecular flexibility index (Phi) is 4.51. The van der Waals surface area contributed by atoms with Gasteiger partial charge < -0.3 is 5.11 Å². The van der Waals surface area contributed by atoms with Gasteiger partial charge in [-0.1, -0.05) is 29.8 Å². The molecule has 1 atom stereocenters. The average Bonchev–Trinajstić information content (AvgIpc) is 2.39. The van der Waals surface area contributed by atoms with Crippen molar-refractivity contribution in [3.63, 3.8) is 0 Å². The van der Waals surface area contributed by atoms with Crippen LogP contribution in [0.5, 0.6) is 0 Å². The van der Waals surface area contributed by atoms with Crippen LogP contribution in [0.25, 0.3) is 0 Å². The Hall–Kier alpha value is -1.45. The predicted octanol–water partition coefficient (Wildman–Crippen LogP) is 3.94. The summed E-state index contributed by atoms with van der Waals surface area (Å²) in [5.41, 5.74) is 1.26. The molecule has 1 nitrogen and oxygen atoms in total. The van der Waals surface area contributed by atoms with E-state index in [9.17, 15) is 13.9 Å². The minimum Gasteiger partial charge on any atom is -0.396 e. The highest BCUT2D eigenvalue weighted by Crippen LogP contribution is 2.24. The first-order valence-corrected chi connectivity index (χ1v) is 6.28. The number of aliphatic hydroxyl groups is 1. The molecule has 0 amide bonds. The van der Waals surface area contributed by atoms with Crippen LogP contribution in [0, 0.1) is 11.6 Å². The molecule has 2 rings (SSSR count). The maximum Gasteiger partial charge on any atom is 0.127 e. The van der Waals surface area contributed by atoms with E-state index in [0.717, 1.165) is 5.56 Å². The molecule has 0 fully saturated rings. The van der Waals surface area contributed by atoms with Gasteiger partial charge in [0, 0.05) is 10.9 Å². The van der Waals surface area contributed by atoms with E-state index >= 15 is 0 Å². The van der Waals surface area contributed by atoms with Gasteiger partial charge in [0.25, 0.3) is 0 Å². The maximum absolute atomic E-state index is 13.7. The summed E-state index contributed by atoms with van der Waals surface area (Å²) in [4.78, 5) is 0. The topological polar surface area (TPSA) is 20.2 Å². The monoisotopic (exact) mass is 282 g/mol. The standard InChI is InChI=1S/C15H13ClF2O/c16-13-4-1-11(15(18)8-13)7-12(9-19)10-2-5-14(17)6-3-10/h1-6,8,12,19H,7,9H2. The van der Waals surface area contributed by atoms with Crippen LogP contribution in [0.2, 0.25) is 5.02 Å². The molecule has 0 aliphatic carbocycles. The molecule has 0 aromatic heterocycles. The Bertz CT molecular complexity index is 555. The Morgan fingerprint density at radius 2 is 1.74 bits per heavy atom. The number of hydrogen-bond acceptors (Lipinski definition) is 1. The zero-order valence-corrected chi connectivity index (χ0v) is 10.9. The second kappa shape index (κ2) is 6.13. The number of rotatable bonds is 4. The van der Waals surface area contributed by atoms with Crippen LogP contribution < -0.4 is 0 Å². The maximum atomic E-state index is 13.7. The van der Waals surface area contributed by atoms with Crippen molar-refractivity contribution >= 4 is 11.6 Å². The molecule has 0 heterocycles. The van der Waals surface area contributed by atoms with E-state index < -0.39 is 5.82 Å². The van der Waals surface area contributed by atoms with Gasteiger partial charge in [0.15, 0.2) is 0 Å². The molecule has 1 N–H and O–H groups in total. The lowest BCUT2D eigenvalue weighted by Gasteiger charge is -2.15. The van der Waals surface area contributed by atoms with Gasteiger partial charge in [0.05, 0.1) is 6.61 Å². The van der Waals surface area contributed by atoms with Crippen molar-refractivity contribution in [2.24, 2.45) is 0 Å². The lowest BCUT2D eigenvalue weighted by atomic mass is 9.92. The van der Waals surface area contributed by atoms with Crippen molar-refractivity contribution in [1.82, 2.24) is 0 Å². The molecule has 2 aromatic rings. The SMILES string of the molecule is OCC(Cc1ccc(Cl)cc1F)c1ccc(F)cc1. The van der Waals surface area contributed by atoms with Gasteiger partial charge in [-0.3, -0.25) is 0 Å². The van der Waals surface area contributed by atoms with E-state index in [1.807, 2.05) is 0 Å². The quantitative estimate of drug-likeness (QED) is 0.901. The average molecular weight is 283 g/mol. The molecule has 2 aromatic carbocycles. The predicted molar refractivity (Wildman–Crippen MR) is 71.3 cm³/mol. The summed E-state index contributed by atoms with van der Waals surface area (Å²) in [5, 5.41) is 9.75. The highest BCUT2D eigenvalue weighted by molar-refractivity contribution is 6.30. The smallest absolute Gasteiger partial charge is 0.127 e. The normalized spacial score (nSPS) is 12.4. The van der Waals surface area contributed by atoms with Gasteiger partial charge in [-0.2, -0.15) is 0 Å². The largest absolute Gasteiger partial charge is 0.396 e. The van der Waals surface area contributed by atoms with E-state index in [4.69, 9.17) is 11.6 Å². The van der Waals surface area contributed by atoms with Crippen LogP contribution in [0.3, 0.4) is 0 Å². The number of benzene rings is 2. The number of aliphatic hydroxyl groups excluding tert-OH is 1. The van der Waals surface area contributed by atoms with Crippen LogP contribution in [0.15, 0.2) is 42.5 Å². The third-order valence-electron chi connectivity index (χ3n) is 3.04. The van der Waals surface area contributed by atoms with Crippen LogP contribution in [0.1, 0.15) is 17.0 Å². The molecular weight excluding hydrogens is 270 g/mol. The van der Waals surface area contributed by atoms with Crippen molar-refractivity contribution in [2.45, 2.75) is 12.3 Å². The van der Waals surface area contributed by atoms with E-state index in [2.05, 4.69) is 0 Å². The van der Waals surface area contributed by atoms with E-state index in [1.165, 1.54) is 18.2 Å². The molecule has 0 aliphatic heterocycles. The lowest BCUT2D eigenvalue weighted by molar-refractivity contribution is 0.263. The minimum absolute atomic E-state index is 0.131. The Balaban J connectivity index is 2.21. The second-order valence-corrected chi connectivity index (χ2v) is 4.81. The van der Waals surface area contributed by atoms with E-state index in [0.29, 0.717) is 17.0 Å². The summed E-state index contributed by atoms with van der Waals surface area (Å²) in [6.07, 6.45) is 0.338. The molecule has 4 heteroatoms. The molecule has 19 heavy (non-hydrogen) atoms. The van der Waals surface area contributed by atoms with Crippen molar-refractivity contribution < 1.29 is 13.9 Å². The van der Waals surface area contributed by atoms with Gasteiger partial charge in [-0.15, -0.1) is 0 Å². The number of hydrogen-bond donors (Lipinski definition) is 1. The zero-order chi connectivity index (χ0) is 13.8. The third-order valence-corrected chi connectivity index (χ3v) is 3.28. The summed E-state index contributed by atoms with van der Waals surface area (Å²) in [6.45, 7) is -0.131. The first-order valence-electron chi connectivity index (χ1n) is 5.90. The zero-order valence-electron chi connectivity index (χ0n) is 10.1. The molecule has 0 saturated carbocycles. The molecule has 0 spiro atoms. The van der Waals surface area contributed by atoms with Gasteiger partial charge >= 0.3 is 0 Å². The van der Waals surface area contributed by atoms with Gasteiger partial charge in [0.1, 0.15) is 11.6 Å². The fourth-order valence-corrected chi connectivity index (χ4v) is 2.13. The minimum atomic E-state index is -0.395. The fourth-order valence-electron chi connectivity index (χ4n) is 1.98.